The number of ether oxygens (including phenoxy) is 1. The Morgan fingerprint density at radius 3 is 2.64 bits per heavy atom. The summed E-state index contributed by atoms with van der Waals surface area (Å²) < 4.78 is 6.70. The fourth-order valence-electron chi connectivity index (χ4n) is 2.56. The molecule has 2 aromatic carbocycles. The van der Waals surface area contributed by atoms with Gasteiger partial charge >= 0.3 is 5.97 Å². The quantitative estimate of drug-likeness (QED) is 0.532. The molecule has 1 aromatic heterocycles. The molecule has 1 heterocycles. The summed E-state index contributed by atoms with van der Waals surface area (Å²) in [6.45, 7) is 2.15. The smallest absolute Gasteiger partial charge is 0.330 e. The Bertz CT molecular complexity index is 975. The van der Waals surface area contributed by atoms with Gasteiger partial charge in [-0.3, -0.25) is 9.36 Å². The Labute approximate surface area is 145 Å². The molecule has 0 amide bonds. The summed E-state index contributed by atoms with van der Waals surface area (Å²) in [6, 6.07) is 16.7. The van der Waals surface area contributed by atoms with Crippen molar-refractivity contribution in [1.82, 2.24) is 9.55 Å². The van der Waals surface area contributed by atoms with Crippen molar-refractivity contribution in [3.63, 3.8) is 0 Å². The Balaban J connectivity index is 1.64. The van der Waals surface area contributed by atoms with Gasteiger partial charge in [-0.25, -0.2) is 9.78 Å². The van der Waals surface area contributed by atoms with Crippen molar-refractivity contribution < 1.29 is 9.53 Å². The Kier molecular flexibility index (Phi) is 5.04. The molecule has 3 rings (SSSR count). The minimum atomic E-state index is -0.441. The third kappa shape index (κ3) is 4.01. The molecule has 5 heteroatoms. The second-order valence-electron chi connectivity index (χ2n) is 5.54. The van der Waals surface area contributed by atoms with Gasteiger partial charge < -0.3 is 4.74 Å². The van der Waals surface area contributed by atoms with Gasteiger partial charge in [-0.15, -0.1) is 0 Å². The molecule has 0 aliphatic carbocycles. The van der Waals surface area contributed by atoms with Gasteiger partial charge in [0.1, 0.15) is 12.4 Å². The molecule has 0 fully saturated rings. The first-order valence-electron chi connectivity index (χ1n) is 8.01. The highest BCUT2D eigenvalue weighted by Gasteiger charge is 2.08. The largest absolute Gasteiger partial charge is 0.461 e. The molecule has 126 valence electrons. The maximum Gasteiger partial charge on any atom is 0.330 e. The van der Waals surface area contributed by atoms with Crippen molar-refractivity contribution >= 4 is 22.9 Å². The summed E-state index contributed by atoms with van der Waals surface area (Å²) in [5.74, 6) is 0.155. The van der Waals surface area contributed by atoms with Crippen LogP contribution in [-0.4, -0.2) is 22.1 Å². The van der Waals surface area contributed by atoms with Crippen molar-refractivity contribution in [3.8, 4) is 0 Å². The molecule has 5 nitrogen and oxygen atoms in total. The van der Waals surface area contributed by atoms with Crippen LogP contribution in [0.15, 0.2) is 65.5 Å². The van der Waals surface area contributed by atoms with Crippen LogP contribution >= 0.6 is 0 Å². The highest BCUT2D eigenvalue weighted by molar-refractivity contribution is 5.87. The summed E-state index contributed by atoms with van der Waals surface area (Å²) in [7, 11) is 0. The number of nitrogens with zero attached hydrogens (tertiary/aromatic N) is 2. The van der Waals surface area contributed by atoms with Gasteiger partial charge in [-0.05, 0) is 30.7 Å². The van der Waals surface area contributed by atoms with Crippen molar-refractivity contribution in [3.05, 3.63) is 82.4 Å². The normalized spacial score (nSPS) is 11.1. The van der Waals surface area contributed by atoms with E-state index in [0.717, 1.165) is 5.56 Å². The zero-order chi connectivity index (χ0) is 17.6. The molecule has 0 saturated carbocycles. The number of benzene rings is 2. The third-order valence-corrected chi connectivity index (χ3v) is 3.82. The van der Waals surface area contributed by atoms with Gasteiger partial charge in [0, 0.05) is 6.08 Å². The number of para-hydroxylation sites is 1. The molecule has 3 aromatic rings. The zero-order valence-corrected chi connectivity index (χ0v) is 13.9. The van der Waals surface area contributed by atoms with Crippen LogP contribution in [0.1, 0.15) is 11.4 Å². The summed E-state index contributed by atoms with van der Waals surface area (Å²) in [5, 5.41) is 0.559. The van der Waals surface area contributed by atoms with Crippen molar-refractivity contribution in [1.29, 1.82) is 0 Å². The molecule has 0 aliphatic heterocycles. The third-order valence-electron chi connectivity index (χ3n) is 3.82. The number of hydrogen-bond acceptors (Lipinski definition) is 4. The minimum absolute atomic E-state index is 0.110. The van der Waals surface area contributed by atoms with Gasteiger partial charge in [0.25, 0.3) is 5.56 Å². The lowest BCUT2D eigenvalue weighted by molar-refractivity contribution is -0.137. The maximum absolute atomic E-state index is 12.5. The predicted octanol–water partition coefficient (Wildman–Crippen LogP) is 2.96. The number of aromatic nitrogens is 2. The molecule has 0 spiro atoms. The summed E-state index contributed by atoms with van der Waals surface area (Å²) in [6.07, 6.45) is 3.07. The first kappa shape index (κ1) is 16.6. The van der Waals surface area contributed by atoms with Crippen LogP contribution in [0.3, 0.4) is 0 Å². The van der Waals surface area contributed by atoms with Crippen molar-refractivity contribution in [2.24, 2.45) is 0 Å². The molecule has 0 unspecified atom stereocenters. The molecular formula is C20H18N2O3. The van der Waals surface area contributed by atoms with Crippen LogP contribution in [0, 0.1) is 6.92 Å². The number of carbonyl (C=O) groups is 1. The first-order chi connectivity index (χ1) is 12.1. The fourth-order valence-corrected chi connectivity index (χ4v) is 2.56. The van der Waals surface area contributed by atoms with Gasteiger partial charge in [0.05, 0.1) is 17.4 Å². The van der Waals surface area contributed by atoms with Gasteiger partial charge in [0.2, 0.25) is 0 Å². The van der Waals surface area contributed by atoms with Crippen LogP contribution in [0.5, 0.6) is 0 Å². The number of esters is 1. The summed E-state index contributed by atoms with van der Waals surface area (Å²) >= 11 is 0. The molecule has 0 N–H and O–H groups in total. The lowest BCUT2D eigenvalue weighted by Crippen LogP contribution is -2.26. The van der Waals surface area contributed by atoms with E-state index in [2.05, 4.69) is 4.98 Å². The van der Waals surface area contributed by atoms with Crippen LogP contribution < -0.4 is 5.56 Å². The fraction of sp³-hybridized carbons (Fsp3) is 0.150. The van der Waals surface area contributed by atoms with E-state index in [1.54, 1.807) is 25.1 Å². The lowest BCUT2D eigenvalue weighted by Gasteiger charge is -2.10. The minimum Gasteiger partial charge on any atom is -0.461 e. The molecule has 0 bridgehead atoms. The standard InChI is InChI=1S/C20H18N2O3/c1-15-21-18-10-6-5-9-17(18)20(24)22(15)13-14-25-19(23)12-11-16-7-3-2-4-8-16/h2-12H,13-14H2,1H3. The molecule has 0 atom stereocenters. The van der Waals surface area contributed by atoms with Crippen molar-refractivity contribution in [2.75, 3.05) is 6.61 Å². The topological polar surface area (TPSA) is 61.2 Å². The number of aryl methyl sites for hydroxylation is 1. The van der Waals surface area contributed by atoms with E-state index in [0.29, 0.717) is 16.7 Å². The molecule has 25 heavy (non-hydrogen) atoms. The van der Waals surface area contributed by atoms with Crippen LogP contribution in [-0.2, 0) is 16.1 Å². The highest BCUT2D eigenvalue weighted by Crippen LogP contribution is 2.07. The maximum atomic E-state index is 12.5. The van der Waals surface area contributed by atoms with E-state index in [9.17, 15) is 9.59 Å². The van der Waals surface area contributed by atoms with Gasteiger partial charge in [0.15, 0.2) is 0 Å². The van der Waals surface area contributed by atoms with E-state index >= 15 is 0 Å². The lowest BCUT2D eigenvalue weighted by atomic mass is 10.2. The Morgan fingerprint density at radius 1 is 1.12 bits per heavy atom. The number of fused-ring (bicyclic) bond motifs is 1. The average Bonchev–Trinajstić information content (AvgIpc) is 2.63. The van der Waals surface area contributed by atoms with Crippen LogP contribution in [0.2, 0.25) is 0 Å². The van der Waals surface area contributed by atoms with Gasteiger partial charge in [-0.2, -0.15) is 0 Å². The number of carbonyl (C=O) groups excluding carboxylic acids is 1. The first-order valence-corrected chi connectivity index (χ1v) is 8.01. The Hall–Kier alpha value is -3.21. The molecule has 0 saturated heterocycles. The van der Waals surface area contributed by atoms with E-state index in [1.165, 1.54) is 10.6 Å². The van der Waals surface area contributed by atoms with E-state index in [4.69, 9.17) is 4.74 Å². The molecule has 0 aliphatic rings. The van der Waals surface area contributed by atoms with Crippen molar-refractivity contribution in [2.45, 2.75) is 13.5 Å². The monoisotopic (exact) mass is 334 g/mol. The average molecular weight is 334 g/mol. The number of rotatable bonds is 5. The highest BCUT2D eigenvalue weighted by atomic mass is 16.5. The molecular weight excluding hydrogens is 316 g/mol. The Morgan fingerprint density at radius 2 is 1.84 bits per heavy atom. The van der Waals surface area contributed by atoms with Gasteiger partial charge in [-0.1, -0.05) is 42.5 Å². The van der Waals surface area contributed by atoms with E-state index < -0.39 is 5.97 Å². The predicted molar refractivity (Wildman–Crippen MR) is 97.2 cm³/mol. The molecule has 0 radical (unpaired) electrons. The van der Waals surface area contributed by atoms with Crippen LogP contribution in [0.25, 0.3) is 17.0 Å². The zero-order valence-electron chi connectivity index (χ0n) is 13.9. The number of hydrogen-bond donors (Lipinski definition) is 0. The second-order valence-corrected chi connectivity index (χ2v) is 5.54. The summed E-state index contributed by atoms with van der Waals surface area (Å²) in [5.41, 5.74) is 1.47. The SMILES string of the molecule is Cc1nc2ccccc2c(=O)n1CCOC(=O)C=Cc1ccccc1. The summed E-state index contributed by atoms with van der Waals surface area (Å²) in [4.78, 5) is 28.7. The van der Waals surface area contributed by atoms with Crippen LogP contribution in [0.4, 0.5) is 0 Å². The van der Waals surface area contributed by atoms with E-state index in [1.807, 2.05) is 42.5 Å². The second kappa shape index (κ2) is 7.57. The van der Waals surface area contributed by atoms with E-state index in [-0.39, 0.29) is 18.7 Å².